The topological polar surface area (TPSA) is 92.4 Å². The summed E-state index contributed by atoms with van der Waals surface area (Å²) in [4.78, 5) is 26.8. The van der Waals surface area contributed by atoms with Crippen LogP contribution >= 0.6 is 0 Å². The van der Waals surface area contributed by atoms with E-state index in [9.17, 15) is 9.59 Å². The van der Waals surface area contributed by atoms with Crippen LogP contribution in [0.15, 0.2) is 34.7 Å². The van der Waals surface area contributed by atoms with Crippen LogP contribution in [-0.4, -0.2) is 28.5 Å². The van der Waals surface area contributed by atoms with Crippen molar-refractivity contribution >= 4 is 11.9 Å². The van der Waals surface area contributed by atoms with Crippen LogP contribution in [0, 0.1) is 6.92 Å². The largest absolute Gasteiger partial charge is 0.481 e. The van der Waals surface area contributed by atoms with Crippen LogP contribution in [0.1, 0.15) is 42.1 Å². The molecule has 0 bridgehead atoms. The third-order valence-corrected chi connectivity index (χ3v) is 3.34. The van der Waals surface area contributed by atoms with E-state index in [1.165, 1.54) is 0 Å². The third-order valence-electron chi connectivity index (χ3n) is 3.34. The number of aromatic nitrogens is 1. The van der Waals surface area contributed by atoms with Crippen molar-refractivity contribution in [3.8, 4) is 11.3 Å². The highest BCUT2D eigenvalue weighted by atomic mass is 16.4. The van der Waals surface area contributed by atoms with Crippen LogP contribution in [0.25, 0.3) is 11.3 Å². The number of carbonyl (C=O) groups excluding carboxylic acids is 1. The van der Waals surface area contributed by atoms with Gasteiger partial charge in [0, 0.05) is 25.5 Å². The molecule has 1 amide bonds. The Hall–Kier alpha value is -2.63. The van der Waals surface area contributed by atoms with Crippen molar-refractivity contribution in [3.63, 3.8) is 0 Å². The number of aryl methyl sites for hydroxylation is 1. The first-order valence-corrected chi connectivity index (χ1v) is 7.61. The van der Waals surface area contributed by atoms with Crippen molar-refractivity contribution in [1.29, 1.82) is 0 Å². The van der Waals surface area contributed by atoms with Crippen molar-refractivity contribution in [2.45, 2.75) is 32.6 Å². The molecule has 0 aliphatic carbocycles. The summed E-state index contributed by atoms with van der Waals surface area (Å²) in [6.45, 7) is 2.19. The molecule has 1 heterocycles. The van der Waals surface area contributed by atoms with Gasteiger partial charge < -0.3 is 14.8 Å². The van der Waals surface area contributed by atoms with Gasteiger partial charge in [-0.3, -0.25) is 9.59 Å². The summed E-state index contributed by atoms with van der Waals surface area (Å²) in [6, 6.07) is 9.36. The molecule has 0 aliphatic rings. The molecule has 0 unspecified atom stereocenters. The van der Waals surface area contributed by atoms with E-state index in [-0.39, 0.29) is 18.0 Å². The first-order valence-electron chi connectivity index (χ1n) is 7.61. The van der Waals surface area contributed by atoms with Crippen LogP contribution < -0.4 is 5.32 Å². The standard InChI is InChI=1S/C17H20N2O4/c1-12-19-15(16(23-12)13-8-4-2-5-9-13)17(22)18-11-7-3-6-10-14(20)21/h2,4-5,8-9H,3,6-7,10-11H2,1H3,(H,18,22)(H,20,21). The van der Waals surface area contributed by atoms with E-state index in [1.54, 1.807) is 6.92 Å². The van der Waals surface area contributed by atoms with E-state index in [1.807, 2.05) is 30.3 Å². The van der Waals surface area contributed by atoms with Gasteiger partial charge in [0.05, 0.1) is 0 Å². The van der Waals surface area contributed by atoms with Crippen molar-refractivity contribution in [2.75, 3.05) is 6.54 Å². The summed E-state index contributed by atoms with van der Waals surface area (Å²) in [5.74, 6) is -0.166. The van der Waals surface area contributed by atoms with Gasteiger partial charge in [0.2, 0.25) is 0 Å². The zero-order chi connectivity index (χ0) is 16.7. The lowest BCUT2D eigenvalue weighted by molar-refractivity contribution is -0.137. The quantitative estimate of drug-likeness (QED) is 0.730. The summed E-state index contributed by atoms with van der Waals surface area (Å²) < 4.78 is 5.56. The third kappa shape index (κ3) is 4.95. The van der Waals surface area contributed by atoms with Gasteiger partial charge in [-0.05, 0) is 12.8 Å². The molecule has 6 heteroatoms. The van der Waals surface area contributed by atoms with E-state index in [4.69, 9.17) is 9.52 Å². The fourth-order valence-electron chi connectivity index (χ4n) is 2.23. The molecule has 1 aromatic heterocycles. The number of oxazole rings is 1. The van der Waals surface area contributed by atoms with E-state index in [0.29, 0.717) is 24.6 Å². The Morgan fingerprint density at radius 1 is 1.17 bits per heavy atom. The Balaban J connectivity index is 1.91. The molecule has 2 N–H and O–H groups in total. The van der Waals surface area contributed by atoms with E-state index >= 15 is 0 Å². The van der Waals surface area contributed by atoms with Crippen molar-refractivity contribution in [3.05, 3.63) is 41.9 Å². The van der Waals surface area contributed by atoms with Gasteiger partial charge in [-0.15, -0.1) is 0 Å². The van der Waals surface area contributed by atoms with Gasteiger partial charge in [-0.2, -0.15) is 0 Å². The number of amides is 1. The summed E-state index contributed by atoms with van der Waals surface area (Å²) in [7, 11) is 0. The van der Waals surface area contributed by atoms with Gasteiger partial charge in [0.1, 0.15) is 0 Å². The molecule has 2 aromatic rings. The molecule has 0 aliphatic heterocycles. The average molecular weight is 316 g/mol. The average Bonchev–Trinajstić information content (AvgIpc) is 2.93. The number of hydrogen-bond donors (Lipinski definition) is 2. The first kappa shape index (κ1) is 16.7. The summed E-state index contributed by atoms with van der Waals surface area (Å²) >= 11 is 0. The maximum absolute atomic E-state index is 12.3. The second-order valence-electron chi connectivity index (χ2n) is 5.24. The van der Waals surface area contributed by atoms with Gasteiger partial charge in [-0.1, -0.05) is 36.8 Å². The van der Waals surface area contributed by atoms with Crippen LogP contribution in [0.3, 0.4) is 0 Å². The number of carboxylic acids is 1. The minimum Gasteiger partial charge on any atom is -0.481 e. The zero-order valence-corrected chi connectivity index (χ0v) is 13.0. The maximum atomic E-state index is 12.3. The molecule has 1 aromatic carbocycles. The highest BCUT2D eigenvalue weighted by molar-refractivity contribution is 5.97. The van der Waals surface area contributed by atoms with Crippen molar-refractivity contribution < 1.29 is 19.1 Å². The van der Waals surface area contributed by atoms with Crippen LogP contribution in [0.5, 0.6) is 0 Å². The van der Waals surface area contributed by atoms with Crippen LogP contribution in [0.2, 0.25) is 0 Å². The zero-order valence-electron chi connectivity index (χ0n) is 13.0. The number of carbonyl (C=O) groups is 2. The van der Waals surface area contributed by atoms with Gasteiger partial charge >= 0.3 is 5.97 Å². The fraction of sp³-hybridized carbons (Fsp3) is 0.353. The van der Waals surface area contributed by atoms with Crippen LogP contribution in [-0.2, 0) is 4.79 Å². The monoisotopic (exact) mass is 316 g/mol. The Labute approximate surface area is 134 Å². The number of nitrogens with one attached hydrogen (secondary N) is 1. The Morgan fingerprint density at radius 2 is 1.91 bits per heavy atom. The SMILES string of the molecule is Cc1nc(C(=O)NCCCCCC(=O)O)c(-c2ccccc2)o1. The molecule has 2 rings (SSSR count). The lowest BCUT2D eigenvalue weighted by Crippen LogP contribution is -2.25. The van der Waals surface area contributed by atoms with Crippen molar-refractivity contribution in [1.82, 2.24) is 10.3 Å². The number of unbranched alkanes of at least 4 members (excludes halogenated alkanes) is 2. The predicted octanol–water partition coefficient (Wildman–Crippen LogP) is 3.02. The fourth-order valence-corrected chi connectivity index (χ4v) is 2.23. The predicted molar refractivity (Wildman–Crippen MR) is 85.1 cm³/mol. The lowest BCUT2D eigenvalue weighted by Gasteiger charge is -2.04. The molecule has 0 fully saturated rings. The minimum absolute atomic E-state index is 0.161. The summed E-state index contributed by atoms with van der Waals surface area (Å²) in [5, 5.41) is 11.4. The van der Waals surface area contributed by atoms with E-state index in [0.717, 1.165) is 18.4 Å². The highest BCUT2D eigenvalue weighted by Gasteiger charge is 2.19. The molecule has 122 valence electrons. The molecule has 0 spiro atoms. The Kier molecular flexibility index (Phi) is 5.91. The number of benzene rings is 1. The van der Waals surface area contributed by atoms with Gasteiger partial charge in [0.25, 0.3) is 5.91 Å². The number of nitrogens with zero attached hydrogens (tertiary/aromatic N) is 1. The molecule has 6 nitrogen and oxygen atoms in total. The minimum atomic E-state index is -0.792. The number of rotatable bonds is 8. The van der Waals surface area contributed by atoms with Crippen molar-refractivity contribution in [2.24, 2.45) is 0 Å². The van der Waals surface area contributed by atoms with E-state index in [2.05, 4.69) is 10.3 Å². The van der Waals surface area contributed by atoms with Gasteiger partial charge in [0.15, 0.2) is 17.3 Å². The number of aliphatic carboxylic acids is 1. The van der Waals surface area contributed by atoms with Gasteiger partial charge in [-0.25, -0.2) is 4.98 Å². The van der Waals surface area contributed by atoms with E-state index < -0.39 is 5.97 Å². The second-order valence-corrected chi connectivity index (χ2v) is 5.24. The molecule has 0 radical (unpaired) electrons. The highest BCUT2D eigenvalue weighted by Crippen LogP contribution is 2.24. The Bertz CT molecular complexity index is 664. The molecule has 23 heavy (non-hydrogen) atoms. The summed E-state index contributed by atoms with van der Waals surface area (Å²) in [6.07, 6.45) is 2.27. The second kappa shape index (κ2) is 8.12. The smallest absolute Gasteiger partial charge is 0.303 e. The first-order chi connectivity index (χ1) is 11.1. The Morgan fingerprint density at radius 3 is 2.61 bits per heavy atom. The maximum Gasteiger partial charge on any atom is 0.303 e. The normalized spacial score (nSPS) is 10.5. The molecule has 0 atom stereocenters. The molecular weight excluding hydrogens is 296 g/mol. The van der Waals surface area contributed by atoms with Crippen LogP contribution in [0.4, 0.5) is 0 Å². The molecule has 0 saturated heterocycles. The molecule has 0 saturated carbocycles. The summed E-state index contributed by atoms with van der Waals surface area (Å²) in [5.41, 5.74) is 1.08. The number of hydrogen-bond acceptors (Lipinski definition) is 4. The molecular formula is C17H20N2O4. The lowest BCUT2D eigenvalue weighted by atomic mass is 10.1. The number of carboxylic acid groups (broad SMARTS) is 1.